The van der Waals surface area contributed by atoms with Gasteiger partial charge in [-0.2, -0.15) is 0 Å². The summed E-state index contributed by atoms with van der Waals surface area (Å²) in [6.45, 7) is 5.45. The molecule has 0 spiro atoms. The van der Waals surface area contributed by atoms with Crippen LogP contribution >= 0.6 is 0 Å². The summed E-state index contributed by atoms with van der Waals surface area (Å²) in [4.78, 5) is 0. The Morgan fingerprint density at radius 3 is 2.40 bits per heavy atom. The summed E-state index contributed by atoms with van der Waals surface area (Å²) in [5.74, 6) is -1.45. The van der Waals surface area contributed by atoms with Gasteiger partial charge < -0.3 is 5.73 Å². The number of hydrogen-bond donors (Lipinski definition) is 1. The van der Waals surface area contributed by atoms with Gasteiger partial charge in [-0.25, -0.2) is 8.78 Å². The zero-order valence-electron chi connectivity index (χ0n) is 9.35. The third-order valence-corrected chi connectivity index (χ3v) is 2.92. The molecule has 0 bridgehead atoms. The highest BCUT2D eigenvalue weighted by Gasteiger charge is 2.20. The van der Waals surface area contributed by atoms with E-state index in [1.165, 1.54) is 6.92 Å². The zero-order valence-corrected chi connectivity index (χ0v) is 9.35. The second kappa shape index (κ2) is 4.71. The van der Waals surface area contributed by atoms with E-state index in [9.17, 15) is 8.78 Å². The van der Waals surface area contributed by atoms with Crippen LogP contribution in [-0.4, -0.2) is 0 Å². The van der Waals surface area contributed by atoms with Crippen molar-refractivity contribution in [1.82, 2.24) is 0 Å². The largest absolute Gasteiger partial charge is 0.324 e. The Bertz CT molecular complexity index is 350. The second-order valence-electron chi connectivity index (χ2n) is 4.01. The first-order valence-electron chi connectivity index (χ1n) is 5.19. The molecule has 1 nitrogen and oxygen atoms in total. The average Bonchev–Trinajstić information content (AvgIpc) is 2.24. The fraction of sp³-hybridized carbons (Fsp3) is 0.500. The number of halogens is 2. The molecule has 15 heavy (non-hydrogen) atoms. The lowest BCUT2D eigenvalue weighted by Gasteiger charge is -2.19. The van der Waals surface area contributed by atoms with E-state index in [0.717, 1.165) is 6.42 Å². The van der Waals surface area contributed by atoms with E-state index in [0.29, 0.717) is 5.56 Å². The molecule has 0 amide bonds. The lowest BCUT2D eigenvalue weighted by Crippen LogP contribution is -2.20. The number of nitrogens with two attached hydrogens (primary N) is 1. The Morgan fingerprint density at radius 2 is 1.87 bits per heavy atom. The highest BCUT2D eigenvalue weighted by atomic mass is 19.2. The summed E-state index contributed by atoms with van der Waals surface area (Å²) in [6, 6.07) is 2.70. The molecule has 0 fully saturated rings. The standard InChI is InChI=1S/C12H17F2N/c1-4-7(2)12(15)9-6-5-8(3)10(13)11(9)14/h5-7,12H,4,15H2,1-3H3/t7?,12-/m1/s1. The molecule has 2 N–H and O–H groups in total. The predicted molar refractivity (Wildman–Crippen MR) is 57.5 cm³/mol. The molecule has 0 aliphatic carbocycles. The van der Waals surface area contributed by atoms with Crippen LogP contribution in [-0.2, 0) is 0 Å². The highest BCUT2D eigenvalue weighted by molar-refractivity contribution is 5.28. The molecule has 0 heterocycles. The van der Waals surface area contributed by atoms with E-state index in [4.69, 9.17) is 5.73 Å². The second-order valence-corrected chi connectivity index (χ2v) is 4.01. The summed E-state index contributed by atoms with van der Waals surface area (Å²) in [5.41, 5.74) is 6.45. The van der Waals surface area contributed by atoms with Crippen molar-refractivity contribution in [2.45, 2.75) is 33.2 Å². The molecule has 3 heteroatoms. The molecule has 0 saturated carbocycles. The van der Waals surface area contributed by atoms with E-state index in [1.807, 2.05) is 13.8 Å². The van der Waals surface area contributed by atoms with E-state index in [1.54, 1.807) is 12.1 Å². The van der Waals surface area contributed by atoms with Crippen molar-refractivity contribution in [2.75, 3.05) is 0 Å². The SMILES string of the molecule is CCC(C)[C@@H](N)c1ccc(C)c(F)c1F. The van der Waals surface area contributed by atoms with Gasteiger partial charge in [0.25, 0.3) is 0 Å². The number of rotatable bonds is 3. The van der Waals surface area contributed by atoms with Crippen LogP contribution in [0.5, 0.6) is 0 Å². The first kappa shape index (κ1) is 12.1. The van der Waals surface area contributed by atoms with Crippen LogP contribution in [0.15, 0.2) is 12.1 Å². The molecule has 2 atom stereocenters. The van der Waals surface area contributed by atoms with E-state index in [2.05, 4.69) is 0 Å². The average molecular weight is 213 g/mol. The highest BCUT2D eigenvalue weighted by Crippen LogP contribution is 2.26. The Balaban J connectivity index is 3.10. The van der Waals surface area contributed by atoms with Gasteiger partial charge in [0.2, 0.25) is 0 Å². The van der Waals surface area contributed by atoms with Gasteiger partial charge in [0.05, 0.1) is 0 Å². The van der Waals surface area contributed by atoms with Gasteiger partial charge in [-0.3, -0.25) is 0 Å². The van der Waals surface area contributed by atoms with Crippen molar-refractivity contribution in [2.24, 2.45) is 11.7 Å². The van der Waals surface area contributed by atoms with Crippen molar-refractivity contribution >= 4 is 0 Å². The minimum Gasteiger partial charge on any atom is -0.324 e. The minimum absolute atomic E-state index is 0.140. The van der Waals surface area contributed by atoms with Crippen LogP contribution < -0.4 is 5.73 Å². The fourth-order valence-electron chi connectivity index (χ4n) is 1.48. The van der Waals surface area contributed by atoms with Crippen molar-refractivity contribution in [3.63, 3.8) is 0 Å². The van der Waals surface area contributed by atoms with Crippen LogP contribution in [0.2, 0.25) is 0 Å². The van der Waals surface area contributed by atoms with Crippen LogP contribution in [0.3, 0.4) is 0 Å². The van der Waals surface area contributed by atoms with Gasteiger partial charge in [0.15, 0.2) is 11.6 Å². The molecule has 0 radical (unpaired) electrons. The minimum atomic E-state index is -0.803. The zero-order chi connectivity index (χ0) is 11.6. The molecule has 0 aliphatic rings. The van der Waals surface area contributed by atoms with E-state index >= 15 is 0 Å². The van der Waals surface area contributed by atoms with Crippen molar-refractivity contribution in [3.8, 4) is 0 Å². The molecular formula is C12H17F2N. The van der Waals surface area contributed by atoms with Gasteiger partial charge in [0.1, 0.15) is 0 Å². The summed E-state index contributed by atoms with van der Waals surface area (Å²) < 4.78 is 26.8. The Kier molecular flexibility index (Phi) is 3.80. The smallest absolute Gasteiger partial charge is 0.163 e. The molecule has 84 valence electrons. The third-order valence-electron chi connectivity index (χ3n) is 2.92. The predicted octanol–water partition coefficient (Wildman–Crippen LogP) is 3.32. The molecule has 1 rings (SSSR count). The molecule has 1 unspecified atom stereocenters. The number of aryl methyl sites for hydroxylation is 1. The summed E-state index contributed by atoms with van der Waals surface area (Å²) in [7, 11) is 0. The van der Waals surface area contributed by atoms with Crippen molar-refractivity contribution < 1.29 is 8.78 Å². The molecule has 0 aromatic heterocycles. The summed E-state index contributed by atoms with van der Waals surface area (Å²) in [6.07, 6.45) is 0.843. The van der Waals surface area contributed by atoms with Crippen molar-refractivity contribution in [1.29, 1.82) is 0 Å². The maximum atomic E-state index is 13.6. The Hall–Kier alpha value is -0.960. The lowest BCUT2D eigenvalue weighted by atomic mass is 9.92. The quantitative estimate of drug-likeness (QED) is 0.819. The van der Waals surface area contributed by atoms with Gasteiger partial charge >= 0.3 is 0 Å². The molecule has 0 aliphatic heterocycles. The van der Waals surface area contributed by atoms with Gasteiger partial charge in [-0.05, 0) is 18.4 Å². The normalized spacial score (nSPS) is 15.1. The summed E-state index contributed by atoms with van der Waals surface area (Å²) in [5, 5.41) is 0. The van der Waals surface area contributed by atoms with Gasteiger partial charge in [0, 0.05) is 11.6 Å². The van der Waals surface area contributed by atoms with Crippen LogP contribution in [0, 0.1) is 24.5 Å². The van der Waals surface area contributed by atoms with Crippen LogP contribution in [0.25, 0.3) is 0 Å². The van der Waals surface area contributed by atoms with Crippen LogP contribution in [0.4, 0.5) is 8.78 Å². The molecule has 0 saturated heterocycles. The molecule has 1 aromatic rings. The van der Waals surface area contributed by atoms with Gasteiger partial charge in [-0.15, -0.1) is 0 Å². The topological polar surface area (TPSA) is 26.0 Å². The Morgan fingerprint density at radius 1 is 1.27 bits per heavy atom. The lowest BCUT2D eigenvalue weighted by molar-refractivity contribution is 0.422. The van der Waals surface area contributed by atoms with Crippen molar-refractivity contribution in [3.05, 3.63) is 34.9 Å². The maximum Gasteiger partial charge on any atom is 0.163 e. The molecule has 1 aromatic carbocycles. The van der Waals surface area contributed by atoms with E-state index in [-0.39, 0.29) is 11.5 Å². The third kappa shape index (κ3) is 2.34. The number of hydrogen-bond acceptors (Lipinski definition) is 1. The van der Waals surface area contributed by atoms with Gasteiger partial charge in [-0.1, -0.05) is 32.4 Å². The maximum absolute atomic E-state index is 13.6. The number of benzene rings is 1. The Labute approximate surface area is 89.3 Å². The molecular weight excluding hydrogens is 196 g/mol. The fourth-order valence-corrected chi connectivity index (χ4v) is 1.48. The first-order chi connectivity index (χ1) is 6.99. The summed E-state index contributed by atoms with van der Waals surface area (Å²) >= 11 is 0. The first-order valence-corrected chi connectivity index (χ1v) is 5.19. The monoisotopic (exact) mass is 213 g/mol. The van der Waals surface area contributed by atoms with E-state index < -0.39 is 17.7 Å². The van der Waals surface area contributed by atoms with Crippen LogP contribution in [0.1, 0.15) is 37.4 Å².